The van der Waals surface area contributed by atoms with Gasteiger partial charge in [-0.25, -0.2) is 0 Å². The fourth-order valence-electron chi connectivity index (χ4n) is 2.77. The van der Waals surface area contributed by atoms with E-state index in [9.17, 15) is 4.79 Å². The summed E-state index contributed by atoms with van der Waals surface area (Å²) in [6.07, 6.45) is 12.5. The van der Waals surface area contributed by atoms with E-state index in [0.717, 1.165) is 13.0 Å². The van der Waals surface area contributed by atoms with Crippen molar-refractivity contribution >= 4 is 17.5 Å². The number of benzene rings is 1. The lowest BCUT2D eigenvalue weighted by molar-refractivity contribution is -0.127. The fourth-order valence-corrected chi connectivity index (χ4v) is 2.95. The molecule has 3 nitrogen and oxygen atoms in total. The first-order chi connectivity index (χ1) is 12.1. The first-order valence-electron chi connectivity index (χ1n) is 9.83. The fraction of sp³-hybridized carbons (Fsp3) is 0.667. The van der Waals surface area contributed by atoms with Crippen LogP contribution in [0.4, 0.5) is 0 Å². The maximum absolute atomic E-state index is 12.0. The van der Waals surface area contributed by atoms with Gasteiger partial charge in [0.1, 0.15) is 5.75 Å². The molecular weight excluding hydrogens is 334 g/mol. The minimum absolute atomic E-state index is 0.0732. The molecule has 1 aromatic carbocycles. The molecule has 1 aromatic rings. The number of ether oxygens (including phenoxy) is 1. The van der Waals surface area contributed by atoms with Crippen LogP contribution in [-0.4, -0.2) is 18.6 Å². The molecule has 4 heteroatoms. The Bertz CT molecular complexity index is 479. The summed E-state index contributed by atoms with van der Waals surface area (Å²) in [5.41, 5.74) is 0. The summed E-state index contributed by atoms with van der Waals surface area (Å²) in [6.45, 7) is 4.73. The summed E-state index contributed by atoms with van der Waals surface area (Å²) in [6, 6.07) is 7.11. The van der Waals surface area contributed by atoms with Crippen LogP contribution in [0, 0.1) is 0 Å². The molecule has 0 aliphatic rings. The Labute approximate surface area is 158 Å². The molecule has 1 amide bonds. The molecule has 0 spiro atoms. The molecule has 1 N–H and O–H groups in total. The zero-order valence-corrected chi connectivity index (χ0v) is 16.6. The van der Waals surface area contributed by atoms with E-state index in [1.54, 1.807) is 25.1 Å². The number of unbranched alkanes of at least 4 members (excludes halogenated alkanes) is 9. The second-order valence-corrected chi connectivity index (χ2v) is 7.13. The van der Waals surface area contributed by atoms with Gasteiger partial charge in [0.05, 0.1) is 0 Å². The van der Waals surface area contributed by atoms with Crippen molar-refractivity contribution in [3.05, 3.63) is 29.3 Å². The number of carbonyl (C=O) groups is 1. The summed E-state index contributed by atoms with van der Waals surface area (Å²) < 4.78 is 5.61. The second-order valence-electron chi connectivity index (χ2n) is 6.69. The zero-order chi connectivity index (χ0) is 18.3. The molecule has 0 aromatic heterocycles. The molecule has 0 fully saturated rings. The van der Waals surface area contributed by atoms with Crippen LogP contribution in [0.1, 0.15) is 78.1 Å². The van der Waals surface area contributed by atoms with Crippen molar-refractivity contribution in [2.24, 2.45) is 0 Å². The molecule has 0 saturated carbocycles. The van der Waals surface area contributed by atoms with Crippen LogP contribution < -0.4 is 10.1 Å². The summed E-state index contributed by atoms with van der Waals surface area (Å²) in [4.78, 5) is 12.0. The van der Waals surface area contributed by atoms with Gasteiger partial charge in [-0.15, -0.1) is 0 Å². The highest BCUT2D eigenvalue weighted by molar-refractivity contribution is 6.30. The molecule has 0 heterocycles. The summed E-state index contributed by atoms with van der Waals surface area (Å²) in [5.74, 6) is 0.546. The van der Waals surface area contributed by atoms with Gasteiger partial charge >= 0.3 is 0 Å². The quantitative estimate of drug-likeness (QED) is 0.401. The maximum atomic E-state index is 12.0. The van der Waals surface area contributed by atoms with Crippen molar-refractivity contribution in [2.75, 3.05) is 6.54 Å². The Morgan fingerprint density at radius 1 is 1.04 bits per heavy atom. The SMILES string of the molecule is CCCCCCCCCCCCNC(=O)C(C)Oc1cccc(Cl)c1. The van der Waals surface area contributed by atoms with Gasteiger partial charge in [0.15, 0.2) is 6.10 Å². The van der Waals surface area contributed by atoms with Crippen LogP contribution in [0.5, 0.6) is 5.75 Å². The van der Waals surface area contributed by atoms with Gasteiger partial charge in [0, 0.05) is 11.6 Å². The third-order valence-corrected chi connectivity index (χ3v) is 4.54. The van der Waals surface area contributed by atoms with E-state index >= 15 is 0 Å². The van der Waals surface area contributed by atoms with Crippen LogP contribution in [0.3, 0.4) is 0 Å². The van der Waals surface area contributed by atoms with Crippen LogP contribution in [0.25, 0.3) is 0 Å². The highest BCUT2D eigenvalue weighted by Gasteiger charge is 2.13. The topological polar surface area (TPSA) is 38.3 Å². The monoisotopic (exact) mass is 367 g/mol. The Morgan fingerprint density at radius 3 is 2.24 bits per heavy atom. The number of hydrogen-bond donors (Lipinski definition) is 1. The molecule has 1 unspecified atom stereocenters. The Kier molecular flexibility index (Phi) is 12.2. The standard InChI is InChI=1S/C21H34ClNO2/c1-3-4-5-6-7-8-9-10-11-12-16-23-21(24)18(2)25-20-15-13-14-19(22)17-20/h13-15,17-18H,3-12,16H2,1-2H3,(H,23,24). The predicted octanol–water partition coefficient (Wildman–Crippen LogP) is 6.14. The molecule has 0 radical (unpaired) electrons. The maximum Gasteiger partial charge on any atom is 0.260 e. The number of hydrogen-bond acceptors (Lipinski definition) is 2. The first kappa shape index (κ1) is 21.8. The predicted molar refractivity (Wildman–Crippen MR) is 106 cm³/mol. The minimum atomic E-state index is -0.512. The molecular formula is C21H34ClNO2. The Balaban J connectivity index is 1.99. The normalized spacial score (nSPS) is 12.0. The largest absolute Gasteiger partial charge is 0.481 e. The smallest absolute Gasteiger partial charge is 0.260 e. The van der Waals surface area contributed by atoms with Gasteiger partial charge in [-0.2, -0.15) is 0 Å². The lowest BCUT2D eigenvalue weighted by Gasteiger charge is -2.14. The van der Waals surface area contributed by atoms with Crippen LogP contribution in [0.2, 0.25) is 5.02 Å². The Hall–Kier alpha value is -1.22. The van der Waals surface area contributed by atoms with Crippen molar-refractivity contribution in [1.82, 2.24) is 5.32 Å². The average molecular weight is 368 g/mol. The van der Waals surface area contributed by atoms with Gasteiger partial charge in [-0.05, 0) is 31.5 Å². The van der Waals surface area contributed by atoms with E-state index in [4.69, 9.17) is 16.3 Å². The first-order valence-corrected chi connectivity index (χ1v) is 10.2. The molecule has 0 saturated heterocycles. The van der Waals surface area contributed by atoms with Gasteiger partial charge in [0.2, 0.25) is 0 Å². The molecule has 0 aliphatic carbocycles. The highest BCUT2D eigenvalue weighted by atomic mass is 35.5. The van der Waals surface area contributed by atoms with Crippen molar-refractivity contribution in [2.45, 2.75) is 84.2 Å². The lowest BCUT2D eigenvalue weighted by Crippen LogP contribution is -2.36. The van der Waals surface area contributed by atoms with Crippen LogP contribution in [-0.2, 0) is 4.79 Å². The van der Waals surface area contributed by atoms with E-state index in [1.807, 2.05) is 6.07 Å². The van der Waals surface area contributed by atoms with Crippen molar-refractivity contribution in [1.29, 1.82) is 0 Å². The molecule has 0 aliphatic heterocycles. The van der Waals surface area contributed by atoms with E-state index in [1.165, 1.54) is 57.8 Å². The van der Waals surface area contributed by atoms with Gasteiger partial charge in [-0.1, -0.05) is 82.4 Å². The van der Waals surface area contributed by atoms with Gasteiger partial charge in [-0.3, -0.25) is 4.79 Å². The molecule has 1 rings (SSSR count). The molecule has 1 atom stereocenters. The van der Waals surface area contributed by atoms with Crippen molar-refractivity contribution < 1.29 is 9.53 Å². The van der Waals surface area contributed by atoms with E-state index in [0.29, 0.717) is 10.8 Å². The van der Waals surface area contributed by atoms with Gasteiger partial charge < -0.3 is 10.1 Å². The highest BCUT2D eigenvalue weighted by Crippen LogP contribution is 2.18. The number of carbonyl (C=O) groups excluding carboxylic acids is 1. The van der Waals surface area contributed by atoms with Gasteiger partial charge in [0.25, 0.3) is 5.91 Å². The lowest BCUT2D eigenvalue weighted by atomic mass is 10.1. The van der Waals surface area contributed by atoms with E-state index < -0.39 is 6.10 Å². The van der Waals surface area contributed by atoms with E-state index in [-0.39, 0.29) is 5.91 Å². The number of halogens is 1. The number of rotatable bonds is 14. The Morgan fingerprint density at radius 2 is 1.64 bits per heavy atom. The van der Waals surface area contributed by atoms with E-state index in [2.05, 4.69) is 12.2 Å². The average Bonchev–Trinajstić information content (AvgIpc) is 2.59. The summed E-state index contributed by atoms with van der Waals surface area (Å²) in [5, 5.41) is 3.55. The second kappa shape index (κ2) is 14.0. The minimum Gasteiger partial charge on any atom is -0.481 e. The summed E-state index contributed by atoms with van der Waals surface area (Å²) in [7, 11) is 0. The molecule has 142 valence electrons. The third kappa shape index (κ3) is 11.1. The van der Waals surface area contributed by atoms with Crippen LogP contribution in [0.15, 0.2) is 24.3 Å². The number of amides is 1. The number of nitrogens with one attached hydrogen (secondary N) is 1. The van der Waals surface area contributed by atoms with Crippen molar-refractivity contribution in [3.63, 3.8) is 0 Å². The molecule has 0 bridgehead atoms. The van der Waals surface area contributed by atoms with Crippen molar-refractivity contribution in [3.8, 4) is 5.75 Å². The molecule has 25 heavy (non-hydrogen) atoms. The van der Waals surface area contributed by atoms with Crippen LogP contribution >= 0.6 is 11.6 Å². The zero-order valence-electron chi connectivity index (χ0n) is 15.9. The summed E-state index contributed by atoms with van der Waals surface area (Å²) >= 11 is 5.91. The third-order valence-electron chi connectivity index (χ3n) is 4.31.